The van der Waals surface area contributed by atoms with Crippen molar-refractivity contribution < 1.29 is 0 Å². The minimum absolute atomic E-state index is 0.407. The van der Waals surface area contributed by atoms with Gasteiger partial charge in [0.25, 0.3) is 0 Å². The first-order chi connectivity index (χ1) is 25.6. The molecular formula is C46H24N6. The Morgan fingerprint density at radius 2 is 0.846 bits per heavy atom. The maximum atomic E-state index is 10.3. The van der Waals surface area contributed by atoms with Gasteiger partial charge in [0.05, 0.1) is 68.6 Å². The van der Waals surface area contributed by atoms with Gasteiger partial charge in [-0.05, 0) is 72.3 Å². The largest absolute Gasteiger partial charge is 0.309 e. The second-order valence-corrected chi connectivity index (χ2v) is 12.6. The van der Waals surface area contributed by atoms with E-state index in [0.717, 1.165) is 55.3 Å². The van der Waals surface area contributed by atoms with E-state index in [2.05, 4.69) is 106 Å². The molecule has 52 heavy (non-hydrogen) atoms. The van der Waals surface area contributed by atoms with Gasteiger partial charge in [0, 0.05) is 49.6 Å². The van der Waals surface area contributed by atoms with Crippen LogP contribution in [0.4, 0.5) is 0 Å². The highest BCUT2D eigenvalue weighted by molar-refractivity contribution is 6.15. The van der Waals surface area contributed by atoms with Crippen LogP contribution >= 0.6 is 0 Å². The quantitative estimate of drug-likeness (QED) is 0.187. The Morgan fingerprint density at radius 1 is 0.365 bits per heavy atom. The fourth-order valence-electron chi connectivity index (χ4n) is 7.74. The first-order valence-corrected chi connectivity index (χ1v) is 16.7. The minimum atomic E-state index is 0.407. The second-order valence-electron chi connectivity index (χ2n) is 12.6. The fourth-order valence-corrected chi connectivity index (χ4v) is 7.74. The van der Waals surface area contributed by atoms with Crippen molar-refractivity contribution in [3.63, 3.8) is 0 Å². The number of rotatable bonds is 4. The van der Waals surface area contributed by atoms with Gasteiger partial charge in [0.1, 0.15) is 0 Å². The third kappa shape index (κ3) is 4.40. The summed E-state index contributed by atoms with van der Waals surface area (Å²) < 4.78 is 4.47. The van der Waals surface area contributed by atoms with Gasteiger partial charge in [0.2, 0.25) is 0 Å². The van der Waals surface area contributed by atoms with Crippen LogP contribution in [0, 0.1) is 45.3 Å². The van der Waals surface area contributed by atoms with Gasteiger partial charge >= 0.3 is 0 Å². The number of nitrogens with zero attached hydrogens (tertiary/aromatic N) is 6. The van der Waals surface area contributed by atoms with Gasteiger partial charge in [-0.1, -0.05) is 78.9 Å². The molecular weight excluding hydrogens is 637 g/mol. The van der Waals surface area contributed by atoms with Gasteiger partial charge in [-0.15, -0.1) is 0 Å². The summed E-state index contributed by atoms with van der Waals surface area (Å²) in [5.74, 6) is 0. The Labute approximate surface area is 298 Å². The van der Waals surface area contributed by atoms with E-state index < -0.39 is 0 Å². The molecule has 2 heterocycles. The summed E-state index contributed by atoms with van der Waals surface area (Å²) in [5.41, 5.74) is 10.1. The minimum Gasteiger partial charge on any atom is -0.309 e. The van der Waals surface area contributed by atoms with Crippen LogP contribution in [0.25, 0.3) is 77.2 Å². The number of hydrogen-bond acceptors (Lipinski definition) is 4. The second kappa shape index (κ2) is 11.9. The Kier molecular flexibility index (Phi) is 6.91. The Balaban J connectivity index is 1.40. The van der Waals surface area contributed by atoms with Crippen molar-refractivity contribution >= 4 is 43.6 Å². The molecule has 0 bridgehead atoms. The lowest BCUT2D eigenvalue weighted by molar-refractivity contribution is 1.13. The topological polar surface area (TPSA) is 105 Å². The summed E-state index contributed by atoms with van der Waals surface area (Å²) in [6.45, 7) is 0. The zero-order valence-corrected chi connectivity index (χ0v) is 27.5. The molecule has 2 aromatic heterocycles. The normalized spacial score (nSPS) is 11.0. The molecule has 238 valence electrons. The molecule has 0 aliphatic heterocycles. The van der Waals surface area contributed by atoms with Crippen molar-refractivity contribution in [1.29, 1.82) is 21.0 Å². The van der Waals surface area contributed by atoms with Crippen LogP contribution in [0.3, 0.4) is 0 Å². The first-order valence-electron chi connectivity index (χ1n) is 16.7. The predicted molar refractivity (Wildman–Crippen MR) is 205 cm³/mol. The van der Waals surface area contributed by atoms with Crippen LogP contribution in [0.15, 0.2) is 146 Å². The van der Waals surface area contributed by atoms with Crippen LogP contribution < -0.4 is 0 Å². The highest BCUT2D eigenvalue weighted by Gasteiger charge is 2.22. The zero-order valence-electron chi connectivity index (χ0n) is 27.5. The Morgan fingerprint density at radius 3 is 1.44 bits per heavy atom. The molecule has 0 atom stereocenters. The van der Waals surface area contributed by atoms with Crippen molar-refractivity contribution in [3.8, 4) is 57.9 Å². The van der Waals surface area contributed by atoms with Gasteiger partial charge < -0.3 is 9.13 Å². The lowest BCUT2D eigenvalue weighted by Crippen LogP contribution is -2.00. The molecule has 6 nitrogen and oxygen atoms in total. The van der Waals surface area contributed by atoms with Crippen molar-refractivity contribution in [2.75, 3.05) is 0 Å². The average Bonchev–Trinajstić information content (AvgIpc) is 3.73. The molecule has 0 N–H and O–H groups in total. The van der Waals surface area contributed by atoms with E-state index in [0.29, 0.717) is 33.4 Å². The summed E-state index contributed by atoms with van der Waals surface area (Å²) in [6.07, 6.45) is 0. The fraction of sp³-hybridized carbons (Fsp3) is 0. The SMILES string of the molecule is N#Cc1cccc(C#N)c1-c1ccc2c(c1)c1cccc(-c3c(C#N)cccc3C#N)c1n2-c1cccc(-n2c3ccccc3c3ccccc32)c1. The van der Waals surface area contributed by atoms with E-state index in [-0.39, 0.29) is 0 Å². The third-order valence-corrected chi connectivity index (χ3v) is 9.88. The lowest BCUT2D eigenvalue weighted by atomic mass is 9.92. The molecule has 0 aliphatic rings. The molecule has 6 heteroatoms. The van der Waals surface area contributed by atoms with Gasteiger partial charge in [-0.2, -0.15) is 21.0 Å². The molecule has 0 saturated heterocycles. The Hall–Kier alpha value is -7.90. The lowest BCUT2D eigenvalue weighted by Gasteiger charge is -2.15. The van der Waals surface area contributed by atoms with Crippen LogP contribution in [0.5, 0.6) is 0 Å². The number of nitriles is 4. The van der Waals surface area contributed by atoms with Crippen molar-refractivity contribution in [2.45, 2.75) is 0 Å². The first kappa shape index (κ1) is 30.2. The van der Waals surface area contributed by atoms with Gasteiger partial charge in [0.15, 0.2) is 0 Å². The summed E-state index contributed by atoms with van der Waals surface area (Å²) in [4.78, 5) is 0. The number of para-hydroxylation sites is 3. The number of fused-ring (bicyclic) bond motifs is 6. The Bertz CT molecular complexity index is 3010. The number of hydrogen-bond donors (Lipinski definition) is 0. The molecule has 9 rings (SSSR count). The molecule has 0 saturated carbocycles. The summed E-state index contributed by atoms with van der Waals surface area (Å²) in [6, 6.07) is 56.7. The van der Waals surface area contributed by atoms with Crippen molar-refractivity contribution in [1.82, 2.24) is 9.13 Å². The molecule has 0 spiro atoms. The van der Waals surface area contributed by atoms with E-state index in [4.69, 9.17) is 0 Å². The molecule has 7 aromatic carbocycles. The number of aromatic nitrogens is 2. The molecule has 0 radical (unpaired) electrons. The van der Waals surface area contributed by atoms with E-state index in [1.165, 1.54) is 10.8 Å². The van der Waals surface area contributed by atoms with E-state index in [1.807, 2.05) is 36.4 Å². The maximum Gasteiger partial charge on any atom is 0.0998 e. The van der Waals surface area contributed by atoms with Crippen LogP contribution in [-0.4, -0.2) is 9.13 Å². The van der Waals surface area contributed by atoms with E-state index >= 15 is 0 Å². The summed E-state index contributed by atoms with van der Waals surface area (Å²) >= 11 is 0. The van der Waals surface area contributed by atoms with E-state index in [1.54, 1.807) is 36.4 Å². The third-order valence-electron chi connectivity index (χ3n) is 9.88. The van der Waals surface area contributed by atoms with Crippen molar-refractivity contribution in [2.24, 2.45) is 0 Å². The molecule has 9 aromatic rings. The average molecular weight is 661 g/mol. The zero-order chi connectivity index (χ0) is 35.3. The highest BCUT2D eigenvalue weighted by Crippen LogP contribution is 2.42. The van der Waals surface area contributed by atoms with E-state index in [9.17, 15) is 21.0 Å². The summed E-state index contributed by atoms with van der Waals surface area (Å²) in [7, 11) is 0. The van der Waals surface area contributed by atoms with Gasteiger partial charge in [-0.25, -0.2) is 0 Å². The molecule has 0 aliphatic carbocycles. The van der Waals surface area contributed by atoms with Crippen LogP contribution in [-0.2, 0) is 0 Å². The molecule has 0 unspecified atom stereocenters. The molecule has 0 fully saturated rings. The number of benzene rings is 7. The standard InChI is InChI=1S/C46H24N6/c47-25-30-9-5-10-31(26-48)44(30)29-21-22-43-40(23-29)38-17-8-18-39(45-32(27-49)11-6-12-33(45)28-50)46(38)52(43)35-14-7-13-34(24-35)51-41-19-3-1-15-36(41)37-16-2-4-20-42(37)51/h1-24H. The monoisotopic (exact) mass is 660 g/mol. The van der Waals surface area contributed by atoms with Gasteiger partial charge in [-0.3, -0.25) is 0 Å². The highest BCUT2D eigenvalue weighted by atomic mass is 15.0. The van der Waals surface area contributed by atoms with Crippen molar-refractivity contribution in [3.05, 3.63) is 168 Å². The predicted octanol–water partition coefficient (Wildman–Crippen LogP) is 10.7. The van der Waals surface area contributed by atoms with Crippen LogP contribution in [0.2, 0.25) is 0 Å². The van der Waals surface area contributed by atoms with Crippen LogP contribution in [0.1, 0.15) is 22.3 Å². The molecule has 0 amide bonds. The maximum absolute atomic E-state index is 10.3. The smallest absolute Gasteiger partial charge is 0.0998 e. The summed E-state index contributed by atoms with van der Waals surface area (Å²) in [5, 5.41) is 44.7.